The van der Waals surface area contributed by atoms with Crippen molar-refractivity contribution in [1.29, 1.82) is 0 Å². The summed E-state index contributed by atoms with van der Waals surface area (Å²) >= 11 is 1.10. The van der Waals surface area contributed by atoms with E-state index in [4.69, 9.17) is 5.11 Å². The molecule has 0 aromatic carbocycles. The van der Waals surface area contributed by atoms with Crippen LogP contribution in [0.1, 0.15) is 32.6 Å². The zero-order valence-corrected chi connectivity index (χ0v) is 10.7. The Morgan fingerprint density at radius 3 is 2.65 bits per heavy atom. The van der Waals surface area contributed by atoms with Gasteiger partial charge in [0.05, 0.1) is 0 Å². The fourth-order valence-corrected chi connectivity index (χ4v) is 2.48. The molecular weight excluding hydrogens is 242 g/mol. The molecule has 1 fully saturated rings. The molecule has 0 aliphatic carbocycles. The number of nitrogens with zero attached hydrogens (tertiary/aromatic N) is 1. The summed E-state index contributed by atoms with van der Waals surface area (Å²) in [6.45, 7) is 1.97. The number of thioether (sulfide) groups is 1. The quantitative estimate of drug-likeness (QED) is 0.819. The maximum atomic E-state index is 11.8. The van der Waals surface area contributed by atoms with Gasteiger partial charge in [-0.2, -0.15) is 0 Å². The number of piperidine rings is 1. The molecule has 0 aromatic heterocycles. The molecule has 1 unspecified atom stereocenters. The van der Waals surface area contributed by atoms with E-state index in [1.54, 1.807) is 0 Å². The van der Waals surface area contributed by atoms with Gasteiger partial charge in [0.25, 0.3) is 0 Å². The van der Waals surface area contributed by atoms with Gasteiger partial charge in [-0.05, 0) is 19.3 Å². The first-order valence-corrected chi connectivity index (χ1v) is 6.66. The van der Waals surface area contributed by atoms with Crippen LogP contribution >= 0.6 is 11.8 Å². The molecule has 1 heterocycles. The molecule has 6 heteroatoms. The minimum atomic E-state index is -0.933. The van der Waals surface area contributed by atoms with Crippen molar-refractivity contribution in [1.82, 2.24) is 4.90 Å². The maximum Gasteiger partial charge on any atom is 0.326 e. The topological polar surface area (TPSA) is 74.7 Å². The Labute approximate surface area is 105 Å². The van der Waals surface area contributed by atoms with Crippen LogP contribution in [0.3, 0.4) is 0 Å². The molecule has 0 spiro atoms. The lowest BCUT2D eigenvalue weighted by atomic mass is 10.0. The summed E-state index contributed by atoms with van der Waals surface area (Å²) in [5.74, 6) is -0.667. The minimum Gasteiger partial charge on any atom is -0.480 e. The van der Waals surface area contributed by atoms with Gasteiger partial charge < -0.3 is 10.0 Å². The highest BCUT2D eigenvalue weighted by Gasteiger charge is 2.31. The number of rotatable bonds is 4. The van der Waals surface area contributed by atoms with Gasteiger partial charge in [0.2, 0.25) is 5.91 Å². The zero-order chi connectivity index (χ0) is 12.8. The van der Waals surface area contributed by atoms with Gasteiger partial charge in [0, 0.05) is 25.6 Å². The van der Waals surface area contributed by atoms with Crippen LogP contribution in [-0.2, 0) is 14.4 Å². The molecule has 1 aliphatic heterocycles. The van der Waals surface area contributed by atoms with E-state index < -0.39 is 12.0 Å². The number of likely N-dealkylation sites (tertiary alicyclic amines) is 1. The van der Waals surface area contributed by atoms with Gasteiger partial charge >= 0.3 is 5.97 Å². The summed E-state index contributed by atoms with van der Waals surface area (Å²) in [6, 6.07) is -0.682. The second kappa shape index (κ2) is 6.64. The lowest BCUT2D eigenvalue weighted by Gasteiger charge is -2.32. The van der Waals surface area contributed by atoms with Crippen molar-refractivity contribution in [3.05, 3.63) is 0 Å². The van der Waals surface area contributed by atoms with Crippen molar-refractivity contribution < 1.29 is 19.5 Å². The van der Waals surface area contributed by atoms with Crippen molar-refractivity contribution in [2.45, 2.75) is 38.6 Å². The third-order valence-corrected chi connectivity index (χ3v) is 3.54. The lowest BCUT2D eigenvalue weighted by molar-refractivity contribution is -0.151. The van der Waals surface area contributed by atoms with Crippen LogP contribution in [-0.4, -0.2) is 45.3 Å². The van der Waals surface area contributed by atoms with Gasteiger partial charge in [-0.15, -0.1) is 0 Å². The standard InChI is InChI=1S/C11H17NO4S/c1-8(13)17-7-5-10(14)12-6-3-2-4-9(12)11(15)16/h9H,2-7H2,1H3,(H,15,16). The Balaban J connectivity index is 2.47. The van der Waals surface area contributed by atoms with Gasteiger partial charge in [0.1, 0.15) is 6.04 Å². The Morgan fingerprint density at radius 1 is 1.35 bits per heavy atom. The third kappa shape index (κ3) is 4.38. The van der Waals surface area contributed by atoms with Crippen LogP contribution in [0.4, 0.5) is 0 Å². The summed E-state index contributed by atoms with van der Waals surface area (Å²) in [5.41, 5.74) is 0. The summed E-state index contributed by atoms with van der Waals surface area (Å²) < 4.78 is 0. The number of carboxylic acids is 1. The summed E-state index contributed by atoms with van der Waals surface area (Å²) in [4.78, 5) is 35.0. The van der Waals surface area contributed by atoms with Crippen molar-refractivity contribution in [3.8, 4) is 0 Å². The highest BCUT2D eigenvalue weighted by molar-refractivity contribution is 8.13. The van der Waals surface area contributed by atoms with Crippen LogP contribution in [0.25, 0.3) is 0 Å². The minimum absolute atomic E-state index is 0.0220. The van der Waals surface area contributed by atoms with E-state index >= 15 is 0 Å². The first kappa shape index (κ1) is 14.0. The van der Waals surface area contributed by atoms with Crippen LogP contribution in [0.5, 0.6) is 0 Å². The molecule has 5 nitrogen and oxygen atoms in total. The molecule has 1 saturated heterocycles. The Bertz CT molecular complexity index is 319. The molecule has 0 saturated carbocycles. The first-order valence-electron chi connectivity index (χ1n) is 5.68. The number of carbonyl (C=O) groups is 3. The van der Waals surface area contributed by atoms with E-state index in [0.29, 0.717) is 18.7 Å². The van der Waals surface area contributed by atoms with Crippen molar-refractivity contribution in [2.75, 3.05) is 12.3 Å². The Morgan fingerprint density at radius 2 is 2.06 bits per heavy atom. The van der Waals surface area contributed by atoms with E-state index in [1.807, 2.05) is 0 Å². The molecule has 0 aromatic rings. The molecular formula is C11H17NO4S. The summed E-state index contributed by atoms with van der Waals surface area (Å²) in [5, 5.41) is 9.00. The summed E-state index contributed by atoms with van der Waals surface area (Å²) in [6.07, 6.45) is 2.47. The van der Waals surface area contributed by atoms with E-state index in [-0.39, 0.29) is 17.4 Å². The molecule has 1 rings (SSSR count). The number of carboxylic acid groups (broad SMARTS) is 1. The van der Waals surface area contributed by atoms with Crippen LogP contribution in [0, 0.1) is 0 Å². The van der Waals surface area contributed by atoms with Crippen molar-refractivity contribution in [2.24, 2.45) is 0 Å². The fraction of sp³-hybridized carbons (Fsp3) is 0.727. The molecule has 0 radical (unpaired) electrons. The highest BCUT2D eigenvalue weighted by Crippen LogP contribution is 2.18. The molecule has 1 N–H and O–H groups in total. The number of aliphatic carboxylic acids is 1. The van der Waals surface area contributed by atoms with Crippen LogP contribution in [0.15, 0.2) is 0 Å². The average Bonchev–Trinajstić information content (AvgIpc) is 2.28. The number of carbonyl (C=O) groups excluding carboxylic acids is 2. The fourth-order valence-electron chi connectivity index (χ4n) is 1.91. The number of hydrogen-bond donors (Lipinski definition) is 1. The monoisotopic (exact) mass is 259 g/mol. The predicted molar refractivity (Wildman–Crippen MR) is 64.7 cm³/mol. The predicted octanol–water partition coefficient (Wildman–Crippen LogP) is 1.12. The Kier molecular flexibility index (Phi) is 5.47. The lowest BCUT2D eigenvalue weighted by Crippen LogP contribution is -2.48. The second-order valence-electron chi connectivity index (χ2n) is 4.03. The van der Waals surface area contributed by atoms with Crippen LogP contribution < -0.4 is 0 Å². The normalized spacial score (nSPS) is 20.1. The number of amides is 1. The highest BCUT2D eigenvalue weighted by atomic mass is 32.2. The van der Waals surface area contributed by atoms with E-state index in [2.05, 4.69) is 0 Å². The van der Waals surface area contributed by atoms with Crippen LogP contribution in [0.2, 0.25) is 0 Å². The molecule has 0 bridgehead atoms. The second-order valence-corrected chi connectivity index (χ2v) is 5.30. The molecule has 1 amide bonds. The molecule has 1 aliphatic rings. The van der Waals surface area contributed by atoms with Crippen molar-refractivity contribution >= 4 is 28.8 Å². The van der Waals surface area contributed by atoms with Gasteiger partial charge in [0.15, 0.2) is 5.12 Å². The molecule has 1 atom stereocenters. The largest absolute Gasteiger partial charge is 0.480 e. The van der Waals surface area contributed by atoms with E-state index in [9.17, 15) is 14.4 Å². The maximum absolute atomic E-state index is 11.8. The van der Waals surface area contributed by atoms with Crippen molar-refractivity contribution in [3.63, 3.8) is 0 Å². The smallest absolute Gasteiger partial charge is 0.326 e. The van der Waals surface area contributed by atoms with Gasteiger partial charge in [-0.1, -0.05) is 11.8 Å². The summed E-state index contributed by atoms with van der Waals surface area (Å²) in [7, 11) is 0. The number of hydrogen-bond acceptors (Lipinski definition) is 4. The zero-order valence-electron chi connectivity index (χ0n) is 9.85. The third-order valence-electron chi connectivity index (χ3n) is 2.73. The first-order chi connectivity index (χ1) is 8.02. The average molecular weight is 259 g/mol. The molecule has 17 heavy (non-hydrogen) atoms. The van der Waals surface area contributed by atoms with E-state index in [1.165, 1.54) is 11.8 Å². The van der Waals surface area contributed by atoms with Gasteiger partial charge in [-0.25, -0.2) is 4.79 Å². The molecule has 96 valence electrons. The Hall–Kier alpha value is -1.04. The SMILES string of the molecule is CC(=O)SCCC(=O)N1CCCCC1C(=O)O. The van der Waals surface area contributed by atoms with E-state index in [0.717, 1.165) is 24.6 Å². The van der Waals surface area contributed by atoms with Gasteiger partial charge in [-0.3, -0.25) is 9.59 Å².